The zero-order valence-corrected chi connectivity index (χ0v) is 16.3. The molecule has 4 nitrogen and oxygen atoms in total. The van der Waals surface area contributed by atoms with Gasteiger partial charge in [-0.05, 0) is 43.5 Å². The van der Waals surface area contributed by atoms with Crippen LogP contribution in [0.2, 0.25) is 0 Å². The lowest BCUT2D eigenvalue weighted by Gasteiger charge is -2.26. The first kappa shape index (κ1) is 20.6. The summed E-state index contributed by atoms with van der Waals surface area (Å²) in [5.41, 5.74) is 5.17. The second-order valence-corrected chi connectivity index (χ2v) is 7.47. The first-order valence-corrected chi connectivity index (χ1v) is 8.96. The van der Waals surface area contributed by atoms with E-state index in [4.69, 9.17) is 5.73 Å². The monoisotopic (exact) mass is 399 g/mol. The van der Waals surface area contributed by atoms with Gasteiger partial charge in [-0.25, -0.2) is 0 Å². The van der Waals surface area contributed by atoms with Gasteiger partial charge in [0.15, 0.2) is 0 Å². The summed E-state index contributed by atoms with van der Waals surface area (Å²) in [5.74, 6) is 0. The summed E-state index contributed by atoms with van der Waals surface area (Å²) in [6.45, 7) is 5.47. The molecule has 29 heavy (non-hydrogen) atoms. The summed E-state index contributed by atoms with van der Waals surface area (Å²) in [5, 5.41) is 9.29. The smallest absolute Gasteiger partial charge is 0.318 e. The molecule has 1 aromatic carbocycles. The number of hydrogen-bond donors (Lipinski definition) is 1. The third kappa shape index (κ3) is 3.76. The van der Waals surface area contributed by atoms with Gasteiger partial charge in [0.2, 0.25) is 0 Å². The van der Waals surface area contributed by atoms with Crippen LogP contribution in [0.25, 0.3) is 5.57 Å². The van der Waals surface area contributed by atoms with Gasteiger partial charge in [-0.1, -0.05) is 42.0 Å². The Kier molecular flexibility index (Phi) is 5.01. The predicted molar refractivity (Wildman–Crippen MR) is 105 cm³/mol. The van der Waals surface area contributed by atoms with Crippen LogP contribution in [-0.2, 0) is 12.7 Å². The van der Waals surface area contributed by atoms with E-state index in [1.54, 1.807) is 25.2 Å². The van der Waals surface area contributed by atoms with Crippen molar-refractivity contribution in [1.29, 1.82) is 5.26 Å². The number of nitrogens with zero attached hydrogens (tertiary/aromatic N) is 2. The lowest BCUT2D eigenvalue weighted by atomic mass is 9.91. The second kappa shape index (κ2) is 7.05. The molecule has 1 aromatic heterocycles. The van der Waals surface area contributed by atoms with Crippen molar-refractivity contribution >= 4 is 5.57 Å². The minimum atomic E-state index is -4.84. The zero-order valence-electron chi connectivity index (χ0n) is 16.3. The van der Waals surface area contributed by atoms with Gasteiger partial charge < -0.3 is 10.3 Å². The normalized spacial score (nSPS) is 18.6. The molecule has 1 atom stereocenters. The Morgan fingerprint density at radius 3 is 2.45 bits per heavy atom. The van der Waals surface area contributed by atoms with Gasteiger partial charge in [0, 0.05) is 0 Å². The number of alkyl halides is 3. The molecule has 0 amide bonds. The lowest BCUT2D eigenvalue weighted by molar-refractivity contribution is -0.138. The van der Waals surface area contributed by atoms with Gasteiger partial charge in [0.25, 0.3) is 5.56 Å². The number of benzene rings is 1. The van der Waals surface area contributed by atoms with Crippen molar-refractivity contribution in [2.45, 2.75) is 39.0 Å². The maximum atomic E-state index is 13.6. The number of nitriles is 1. The zero-order chi connectivity index (χ0) is 21.6. The summed E-state index contributed by atoms with van der Waals surface area (Å²) in [6, 6.07) is 7.92. The molecule has 1 unspecified atom stereocenters. The molecule has 0 spiro atoms. The summed E-state index contributed by atoms with van der Waals surface area (Å²) >= 11 is 0. The maximum absolute atomic E-state index is 13.6. The lowest BCUT2D eigenvalue weighted by Crippen LogP contribution is -2.37. The van der Waals surface area contributed by atoms with Gasteiger partial charge in [0.1, 0.15) is 11.6 Å². The van der Waals surface area contributed by atoms with Gasteiger partial charge in [0.05, 0.1) is 23.3 Å². The van der Waals surface area contributed by atoms with E-state index in [9.17, 15) is 23.2 Å². The fourth-order valence-electron chi connectivity index (χ4n) is 3.53. The van der Waals surface area contributed by atoms with E-state index < -0.39 is 28.4 Å². The molecule has 2 N–H and O–H groups in total. The molecule has 150 valence electrons. The number of halogens is 3. The van der Waals surface area contributed by atoms with E-state index in [1.807, 2.05) is 32.0 Å². The molecule has 1 heterocycles. The first-order chi connectivity index (χ1) is 13.5. The van der Waals surface area contributed by atoms with Crippen LogP contribution in [-0.4, -0.2) is 10.1 Å². The highest BCUT2D eigenvalue weighted by molar-refractivity contribution is 5.78. The fourth-order valence-corrected chi connectivity index (χ4v) is 3.53. The number of allylic oxidation sites excluding steroid dienone is 2. The van der Waals surface area contributed by atoms with Crippen molar-refractivity contribution in [2.75, 3.05) is 0 Å². The van der Waals surface area contributed by atoms with Gasteiger partial charge >= 0.3 is 6.18 Å². The molecule has 1 aliphatic carbocycles. The molecule has 2 aromatic rings. The molecule has 0 radical (unpaired) electrons. The Bertz CT molecular complexity index is 1150. The number of aryl methyl sites for hydroxylation is 2. The summed E-state index contributed by atoms with van der Waals surface area (Å²) in [6.07, 6.45) is 0.0569. The summed E-state index contributed by atoms with van der Waals surface area (Å²) < 4.78 is 41.9. The van der Waals surface area contributed by atoms with E-state index in [2.05, 4.69) is 0 Å². The van der Waals surface area contributed by atoms with Crippen molar-refractivity contribution in [2.24, 2.45) is 5.73 Å². The number of hydrogen-bond acceptors (Lipinski definition) is 3. The molecule has 0 fully saturated rings. The van der Waals surface area contributed by atoms with E-state index in [0.29, 0.717) is 5.57 Å². The number of pyridine rings is 1. The second-order valence-electron chi connectivity index (χ2n) is 7.47. The fraction of sp³-hybridized carbons (Fsp3) is 0.273. The molecule has 3 rings (SSSR count). The standard InChI is InChI=1S/C22H20F3N3O/c1-13-6-7-15(14(2)9-13)12-28-19(17-5-4-8-21(17,3)27)10-18(22(23,24)25)16(11-26)20(28)29/h4-10H,12,27H2,1-3H3. The molecule has 0 aliphatic heterocycles. The molecular formula is C22H20F3N3O. The van der Waals surface area contributed by atoms with E-state index in [1.165, 1.54) is 10.6 Å². The Hall–Kier alpha value is -3.11. The van der Waals surface area contributed by atoms with E-state index in [-0.39, 0.29) is 12.2 Å². The molecule has 0 bridgehead atoms. The van der Waals surface area contributed by atoms with Crippen LogP contribution < -0.4 is 11.3 Å². The van der Waals surface area contributed by atoms with Gasteiger partial charge in [-0.2, -0.15) is 18.4 Å². The van der Waals surface area contributed by atoms with Gasteiger partial charge in [-0.3, -0.25) is 4.79 Å². The largest absolute Gasteiger partial charge is 0.417 e. The Morgan fingerprint density at radius 1 is 1.24 bits per heavy atom. The molecule has 0 saturated heterocycles. The van der Waals surface area contributed by atoms with E-state index >= 15 is 0 Å². The van der Waals surface area contributed by atoms with Crippen LogP contribution in [0.4, 0.5) is 13.2 Å². The quantitative estimate of drug-likeness (QED) is 0.846. The highest BCUT2D eigenvalue weighted by Gasteiger charge is 2.38. The maximum Gasteiger partial charge on any atom is 0.417 e. The third-order valence-electron chi connectivity index (χ3n) is 5.11. The minimum absolute atomic E-state index is 0.0283. The average molecular weight is 399 g/mol. The predicted octanol–water partition coefficient (Wildman–Crippen LogP) is 4.07. The van der Waals surface area contributed by atoms with Crippen LogP contribution >= 0.6 is 0 Å². The van der Waals surface area contributed by atoms with Crippen molar-refractivity contribution in [3.8, 4) is 6.07 Å². The molecule has 1 aliphatic rings. The number of aromatic nitrogens is 1. The summed E-state index contributed by atoms with van der Waals surface area (Å²) in [7, 11) is 0. The Morgan fingerprint density at radius 2 is 1.93 bits per heavy atom. The van der Waals surface area contributed by atoms with Crippen molar-refractivity contribution in [3.63, 3.8) is 0 Å². The molecule has 0 saturated carbocycles. The number of nitrogens with two attached hydrogens (primary N) is 1. The highest BCUT2D eigenvalue weighted by atomic mass is 19.4. The van der Waals surface area contributed by atoms with E-state index in [0.717, 1.165) is 22.8 Å². The Balaban J connectivity index is 2.31. The van der Waals surface area contributed by atoms with Crippen LogP contribution in [0.3, 0.4) is 0 Å². The topological polar surface area (TPSA) is 71.8 Å². The van der Waals surface area contributed by atoms with Crippen LogP contribution in [0.15, 0.2) is 47.3 Å². The van der Waals surface area contributed by atoms with Crippen molar-refractivity contribution in [3.05, 3.63) is 86.4 Å². The minimum Gasteiger partial charge on any atom is -0.318 e. The van der Waals surface area contributed by atoms with Crippen LogP contribution in [0.5, 0.6) is 0 Å². The third-order valence-corrected chi connectivity index (χ3v) is 5.11. The SMILES string of the molecule is Cc1ccc(Cn2c(C3=CC=CC3(C)N)cc(C(F)(F)F)c(C#N)c2=O)c(C)c1. The van der Waals surface area contributed by atoms with Crippen molar-refractivity contribution in [1.82, 2.24) is 4.57 Å². The molecule has 7 heteroatoms. The summed E-state index contributed by atoms with van der Waals surface area (Å²) in [4.78, 5) is 13.0. The van der Waals surface area contributed by atoms with Crippen LogP contribution in [0.1, 0.15) is 40.4 Å². The average Bonchev–Trinajstić information content (AvgIpc) is 2.96. The highest BCUT2D eigenvalue weighted by Crippen LogP contribution is 2.36. The van der Waals surface area contributed by atoms with Gasteiger partial charge in [-0.15, -0.1) is 0 Å². The Labute approximate surface area is 166 Å². The molecular weight excluding hydrogens is 379 g/mol. The first-order valence-electron chi connectivity index (χ1n) is 8.96. The van der Waals surface area contributed by atoms with Crippen molar-refractivity contribution < 1.29 is 13.2 Å². The number of rotatable bonds is 3. The van der Waals surface area contributed by atoms with Crippen LogP contribution in [0, 0.1) is 25.2 Å².